The summed E-state index contributed by atoms with van der Waals surface area (Å²) < 4.78 is 24.0. The molecule has 1 saturated heterocycles. The first kappa shape index (κ1) is 23.2. The summed E-state index contributed by atoms with van der Waals surface area (Å²) in [6.07, 6.45) is 1.45. The van der Waals surface area contributed by atoms with Crippen LogP contribution < -0.4 is 10.5 Å². The molecule has 0 saturated carbocycles. The molecule has 1 aromatic carbocycles. The number of hydrogen-bond donors (Lipinski definition) is 1. The number of hydrogen-bond acceptors (Lipinski definition) is 5. The van der Waals surface area contributed by atoms with Crippen molar-refractivity contribution in [2.75, 3.05) is 33.3 Å². The maximum absolute atomic E-state index is 13.5. The number of methoxy groups -OCH3 is 1. The zero-order chi connectivity index (χ0) is 17.8. The molecule has 1 aliphatic rings. The van der Waals surface area contributed by atoms with Crippen LogP contribution in [0.3, 0.4) is 0 Å². The van der Waals surface area contributed by atoms with Gasteiger partial charge in [-0.2, -0.15) is 0 Å². The maximum atomic E-state index is 13.5. The van der Waals surface area contributed by atoms with Gasteiger partial charge in [0.25, 0.3) is 5.91 Å². The molecule has 0 unspecified atom stereocenters. The van der Waals surface area contributed by atoms with Crippen LogP contribution in [0.5, 0.6) is 5.75 Å². The summed E-state index contributed by atoms with van der Waals surface area (Å²) in [5.74, 6) is 0.944. The highest BCUT2D eigenvalue weighted by molar-refractivity contribution is 5.94. The number of carbonyl (C=O) groups excluding carboxylic acids is 1. The van der Waals surface area contributed by atoms with Gasteiger partial charge in [0.1, 0.15) is 23.6 Å². The quantitative estimate of drug-likeness (QED) is 0.806. The van der Waals surface area contributed by atoms with Crippen LogP contribution in [-0.2, 0) is 13.1 Å². The van der Waals surface area contributed by atoms with Crippen LogP contribution in [0.15, 0.2) is 34.9 Å². The van der Waals surface area contributed by atoms with Crippen molar-refractivity contribution in [1.82, 2.24) is 9.80 Å². The lowest BCUT2D eigenvalue weighted by Crippen LogP contribution is -2.48. The highest BCUT2D eigenvalue weighted by Gasteiger charge is 2.24. The second kappa shape index (κ2) is 10.5. The molecule has 1 fully saturated rings. The lowest BCUT2D eigenvalue weighted by Gasteiger charge is -2.34. The van der Waals surface area contributed by atoms with Crippen molar-refractivity contribution in [1.29, 1.82) is 0 Å². The number of nitrogens with zero attached hydrogens (tertiary/aromatic N) is 2. The molecule has 2 N–H and O–H groups in total. The summed E-state index contributed by atoms with van der Waals surface area (Å²) >= 11 is 0. The summed E-state index contributed by atoms with van der Waals surface area (Å²) in [6, 6.07) is 6.21. The summed E-state index contributed by atoms with van der Waals surface area (Å²) in [4.78, 5) is 16.5. The highest BCUT2D eigenvalue weighted by Crippen LogP contribution is 2.22. The van der Waals surface area contributed by atoms with Gasteiger partial charge in [0.15, 0.2) is 0 Å². The average molecular weight is 420 g/mol. The van der Waals surface area contributed by atoms with E-state index >= 15 is 0 Å². The first-order chi connectivity index (χ1) is 12.1. The zero-order valence-electron chi connectivity index (χ0n) is 15.0. The third kappa shape index (κ3) is 5.59. The van der Waals surface area contributed by atoms with Crippen molar-refractivity contribution >= 4 is 30.7 Å². The largest absolute Gasteiger partial charge is 0.496 e. The molecule has 27 heavy (non-hydrogen) atoms. The molecule has 0 atom stereocenters. The Morgan fingerprint density at radius 1 is 1.22 bits per heavy atom. The van der Waals surface area contributed by atoms with Crippen LogP contribution in [-0.4, -0.2) is 49.0 Å². The van der Waals surface area contributed by atoms with E-state index in [1.54, 1.807) is 24.1 Å². The number of halogens is 3. The molecular weight excluding hydrogens is 396 g/mol. The normalized spacial score (nSPS) is 14.3. The molecule has 1 aliphatic heterocycles. The third-order valence-electron chi connectivity index (χ3n) is 4.40. The Bertz CT molecular complexity index is 749. The van der Waals surface area contributed by atoms with E-state index in [-0.39, 0.29) is 43.1 Å². The van der Waals surface area contributed by atoms with E-state index in [0.29, 0.717) is 49.8 Å². The predicted molar refractivity (Wildman–Crippen MR) is 105 cm³/mol. The van der Waals surface area contributed by atoms with Crippen molar-refractivity contribution in [3.8, 4) is 5.75 Å². The molecule has 3 rings (SSSR count). The van der Waals surface area contributed by atoms with Crippen LogP contribution in [0, 0.1) is 5.82 Å². The van der Waals surface area contributed by atoms with Gasteiger partial charge >= 0.3 is 0 Å². The smallest absolute Gasteiger partial charge is 0.257 e. The van der Waals surface area contributed by atoms with E-state index < -0.39 is 0 Å². The van der Waals surface area contributed by atoms with Gasteiger partial charge in [-0.15, -0.1) is 24.8 Å². The molecule has 0 radical (unpaired) electrons. The van der Waals surface area contributed by atoms with E-state index in [9.17, 15) is 9.18 Å². The second-order valence-electron chi connectivity index (χ2n) is 6.03. The van der Waals surface area contributed by atoms with E-state index in [4.69, 9.17) is 14.9 Å². The van der Waals surface area contributed by atoms with Gasteiger partial charge in [-0.3, -0.25) is 9.69 Å². The number of furan rings is 1. The molecular formula is C18H24Cl2FN3O3. The molecule has 1 aromatic heterocycles. The van der Waals surface area contributed by atoms with E-state index in [0.717, 1.165) is 5.56 Å². The number of rotatable bonds is 5. The Balaban J connectivity index is 0.00000182. The van der Waals surface area contributed by atoms with Crippen LogP contribution in [0.4, 0.5) is 4.39 Å². The Morgan fingerprint density at radius 3 is 2.52 bits per heavy atom. The number of piperazine rings is 1. The minimum atomic E-state index is -0.278. The fourth-order valence-corrected chi connectivity index (χ4v) is 3.00. The molecule has 0 bridgehead atoms. The van der Waals surface area contributed by atoms with Crippen LogP contribution >= 0.6 is 24.8 Å². The lowest BCUT2D eigenvalue weighted by atomic mass is 10.1. The van der Waals surface area contributed by atoms with Gasteiger partial charge in [-0.25, -0.2) is 4.39 Å². The van der Waals surface area contributed by atoms with Gasteiger partial charge in [-0.05, 0) is 24.3 Å². The van der Waals surface area contributed by atoms with E-state index in [2.05, 4.69) is 4.90 Å². The first-order valence-corrected chi connectivity index (χ1v) is 8.22. The maximum Gasteiger partial charge on any atom is 0.257 e. The number of nitrogens with two attached hydrogens (primary N) is 1. The second-order valence-corrected chi connectivity index (χ2v) is 6.03. The number of benzene rings is 1. The Hall–Kier alpha value is -1.80. The number of carbonyl (C=O) groups is 1. The van der Waals surface area contributed by atoms with Gasteiger partial charge in [0.2, 0.25) is 0 Å². The summed E-state index contributed by atoms with van der Waals surface area (Å²) in [5, 5.41) is 0. The van der Waals surface area contributed by atoms with Crippen molar-refractivity contribution in [2.45, 2.75) is 13.1 Å². The van der Waals surface area contributed by atoms with Crippen LogP contribution in [0.2, 0.25) is 0 Å². The number of ether oxygens (including phenoxy) is 1. The molecule has 6 nitrogen and oxygen atoms in total. The Kier molecular flexibility index (Phi) is 9.05. The van der Waals surface area contributed by atoms with Crippen molar-refractivity contribution < 1.29 is 18.3 Å². The van der Waals surface area contributed by atoms with Gasteiger partial charge < -0.3 is 19.8 Å². The summed E-state index contributed by atoms with van der Waals surface area (Å²) in [6.45, 7) is 3.52. The molecule has 9 heteroatoms. The lowest BCUT2D eigenvalue weighted by molar-refractivity contribution is 0.0626. The zero-order valence-corrected chi connectivity index (χ0v) is 16.7. The Morgan fingerprint density at radius 2 is 1.93 bits per heavy atom. The topological polar surface area (TPSA) is 71.9 Å². The molecule has 2 aromatic rings. The molecule has 1 amide bonds. The fraction of sp³-hybridized carbons (Fsp3) is 0.389. The average Bonchev–Trinajstić information content (AvgIpc) is 3.11. The first-order valence-electron chi connectivity index (χ1n) is 8.22. The Labute approximate surface area is 170 Å². The van der Waals surface area contributed by atoms with Crippen molar-refractivity contribution in [3.63, 3.8) is 0 Å². The van der Waals surface area contributed by atoms with E-state index in [1.165, 1.54) is 18.4 Å². The predicted octanol–water partition coefficient (Wildman–Crippen LogP) is 2.69. The van der Waals surface area contributed by atoms with Gasteiger partial charge in [-0.1, -0.05) is 0 Å². The van der Waals surface area contributed by atoms with E-state index in [1.807, 2.05) is 0 Å². The fourth-order valence-electron chi connectivity index (χ4n) is 3.00. The standard InChI is InChI=1S/C18H22FN3O3.2ClH/c1-24-17-3-2-15(19)8-13(17)11-21-4-6-22(7-5-21)18(23)14-9-16(10-20)25-12-14;;/h2-3,8-9,12H,4-7,10-11,20H2,1H3;2*1H. The third-order valence-corrected chi connectivity index (χ3v) is 4.40. The molecule has 0 aliphatic carbocycles. The SMILES string of the molecule is COc1ccc(F)cc1CN1CCN(C(=O)c2coc(CN)c2)CC1.Cl.Cl. The summed E-state index contributed by atoms with van der Waals surface area (Å²) in [5.41, 5.74) is 6.84. The number of amides is 1. The monoisotopic (exact) mass is 419 g/mol. The van der Waals surface area contributed by atoms with Crippen molar-refractivity contribution in [2.24, 2.45) is 5.73 Å². The molecule has 0 spiro atoms. The minimum absolute atomic E-state index is 0. The highest BCUT2D eigenvalue weighted by atomic mass is 35.5. The van der Waals surface area contributed by atoms with Crippen LogP contribution in [0.25, 0.3) is 0 Å². The minimum Gasteiger partial charge on any atom is -0.496 e. The van der Waals surface area contributed by atoms with Crippen molar-refractivity contribution in [3.05, 3.63) is 53.2 Å². The van der Waals surface area contributed by atoms with Gasteiger partial charge in [0, 0.05) is 38.3 Å². The van der Waals surface area contributed by atoms with Crippen LogP contribution in [0.1, 0.15) is 21.7 Å². The van der Waals surface area contributed by atoms with Gasteiger partial charge in [0.05, 0.1) is 19.2 Å². The molecule has 150 valence electrons. The molecule has 2 heterocycles. The summed E-state index contributed by atoms with van der Waals surface area (Å²) in [7, 11) is 1.58.